The van der Waals surface area contributed by atoms with Gasteiger partial charge in [-0.25, -0.2) is 9.78 Å². The number of esters is 1. The van der Waals surface area contributed by atoms with Gasteiger partial charge in [-0.15, -0.1) is 0 Å². The number of oxazole rings is 1. The van der Waals surface area contributed by atoms with Gasteiger partial charge in [0.25, 0.3) is 0 Å². The van der Waals surface area contributed by atoms with Crippen LogP contribution in [0.4, 0.5) is 5.69 Å². The number of halogens is 1. The first kappa shape index (κ1) is 19.4. The van der Waals surface area contributed by atoms with E-state index in [4.69, 9.17) is 31.2 Å². The maximum Gasteiger partial charge on any atom is 0.340 e. The van der Waals surface area contributed by atoms with Gasteiger partial charge in [0.15, 0.2) is 24.5 Å². The summed E-state index contributed by atoms with van der Waals surface area (Å²) in [4.78, 5) is 28.6. The number of nitrogens with zero attached hydrogens (tertiary/aromatic N) is 1. The Morgan fingerprint density at radius 1 is 1.25 bits per heavy atom. The number of aromatic nitrogens is 1. The molecule has 0 saturated heterocycles. The van der Waals surface area contributed by atoms with E-state index in [-0.39, 0.29) is 17.0 Å². The Kier molecular flexibility index (Phi) is 5.65. The summed E-state index contributed by atoms with van der Waals surface area (Å²) in [6, 6.07) is 7.81. The number of anilines is 1. The second-order valence-electron chi connectivity index (χ2n) is 5.97. The molecule has 3 aromatic rings. The van der Waals surface area contributed by atoms with E-state index in [9.17, 15) is 9.59 Å². The first-order chi connectivity index (χ1) is 13.4. The number of carbonyl (C=O) groups excluding carboxylic acids is 2. The van der Waals surface area contributed by atoms with Gasteiger partial charge in [0.2, 0.25) is 0 Å². The SMILES string of the molecule is COc1cc(N)c(C(=O)OCC(=O)c2ccc(Cl)c(C)c2)cc1-c1cnco1. The number of aryl methyl sites for hydroxylation is 1. The molecule has 3 rings (SSSR count). The zero-order valence-electron chi connectivity index (χ0n) is 15.2. The fraction of sp³-hybridized carbons (Fsp3) is 0.150. The fourth-order valence-electron chi connectivity index (χ4n) is 2.59. The highest BCUT2D eigenvalue weighted by Gasteiger charge is 2.20. The molecular weight excluding hydrogens is 384 g/mol. The van der Waals surface area contributed by atoms with E-state index in [1.54, 1.807) is 25.1 Å². The molecule has 0 saturated carbocycles. The molecule has 0 atom stereocenters. The number of rotatable bonds is 6. The average Bonchev–Trinajstić information content (AvgIpc) is 3.22. The summed E-state index contributed by atoms with van der Waals surface area (Å²) in [5, 5.41) is 0.555. The van der Waals surface area contributed by atoms with Crippen LogP contribution in [0.15, 0.2) is 47.3 Å². The van der Waals surface area contributed by atoms with Crippen LogP contribution in [0.5, 0.6) is 5.75 Å². The molecule has 2 N–H and O–H groups in total. The Hall–Kier alpha value is -3.32. The molecule has 144 valence electrons. The average molecular weight is 401 g/mol. The van der Waals surface area contributed by atoms with E-state index in [0.717, 1.165) is 5.56 Å². The monoisotopic (exact) mass is 400 g/mol. The summed E-state index contributed by atoms with van der Waals surface area (Å²) in [5.74, 6) is -0.271. The van der Waals surface area contributed by atoms with Crippen LogP contribution in [0, 0.1) is 6.92 Å². The molecular formula is C20H17ClN2O5. The van der Waals surface area contributed by atoms with Crippen molar-refractivity contribution in [3.8, 4) is 17.1 Å². The topological polar surface area (TPSA) is 105 Å². The molecule has 1 aromatic heterocycles. The van der Waals surface area contributed by atoms with Gasteiger partial charge in [0.1, 0.15) is 5.75 Å². The normalized spacial score (nSPS) is 10.5. The van der Waals surface area contributed by atoms with Crippen molar-refractivity contribution in [1.29, 1.82) is 0 Å². The highest BCUT2D eigenvalue weighted by Crippen LogP contribution is 2.34. The number of hydrogen-bond donors (Lipinski definition) is 1. The van der Waals surface area contributed by atoms with E-state index >= 15 is 0 Å². The predicted octanol–water partition coefficient (Wildman–Crippen LogP) is 3.93. The second-order valence-corrected chi connectivity index (χ2v) is 6.38. The lowest BCUT2D eigenvalue weighted by Gasteiger charge is -2.12. The summed E-state index contributed by atoms with van der Waals surface area (Å²) in [6.07, 6.45) is 2.74. The maximum absolute atomic E-state index is 12.5. The molecule has 0 unspecified atom stereocenters. The number of nitrogens with two attached hydrogens (primary N) is 1. The molecule has 0 spiro atoms. The lowest BCUT2D eigenvalue weighted by Crippen LogP contribution is -2.15. The predicted molar refractivity (Wildman–Crippen MR) is 104 cm³/mol. The zero-order chi connectivity index (χ0) is 20.3. The van der Waals surface area contributed by atoms with Gasteiger partial charge in [0.05, 0.1) is 24.4 Å². The van der Waals surface area contributed by atoms with Gasteiger partial charge in [-0.3, -0.25) is 4.79 Å². The largest absolute Gasteiger partial charge is 0.496 e. The summed E-state index contributed by atoms with van der Waals surface area (Å²) >= 11 is 5.96. The molecule has 1 heterocycles. The van der Waals surface area contributed by atoms with E-state index in [1.807, 2.05) is 0 Å². The lowest BCUT2D eigenvalue weighted by molar-refractivity contribution is 0.0476. The number of ether oxygens (including phenoxy) is 2. The first-order valence-electron chi connectivity index (χ1n) is 8.23. The second kappa shape index (κ2) is 8.14. The van der Waals surface area contributed by atoms with E-state index in [2.05, 4.69) is 4.98 Å². The summed E-state index contributed by atoms with van der Waals surface area (Å²) in [5.41, 5.74) is 7.84. The minimum atomic E-state index is -0.736. The fourth-order valence-corrected chi connectivity index (χ4v) is 2.71. The van der Waals surface area contributed by atoms with Crippen molar-refractivity contribution in [1.82, 2.24) is 4.98 Å². The van der Waals surface area contributed by atoms with Gasteiger partial charge in [0, 0.05) is 22.3 Å². The van der Waals surface area contributed by atoms with Crippen molar-refractivity contribution in [2.75, 3.05) is 19.5 Å². The highest BCUT2D eigenvalue weighted by molar-refractivity contribution is 6.31. The van der Waals surface area contributed by atoms with Crippen molar-refractivity contribution < 1.29 is 23.5 Å². The molecule has 8 heteroatoms. The van der Waals surface area contributed by atoms with Crippen LogP contribution in [-0.2, 0) is 4.74 Å². The van der Waals surface area contributed by atoms with Crippen molar-refractivity contribution in [3.05, 3.63) is 64.6 Å². The number of nitrogen functional groups attached to an aromatic ring is 1. The number of benzene rings is 2. The number of methoxy groups -OCH3 is 1. The molecule has 2 aromatic carbocycles. The third kappa shape index (κ3) is 3.99. The zero-order valence-corrected chi connectivity index (χ0v) is 15.9. The minimum Gasteiger partial charge on any atom is -0.496 e. The van der Waals surface area contributed by atoms with Crippen LogP contribution in [0.3, 0.4) is 0 Å². The third-order valence-corrected chi connectivity index (χ3v) is 4.53. The van der Waals surface area contributed by atoms with Gasteiger partial charge in [-0.2, -0.15) is 0 Å². The number of ketones is 1. The summed E-state index contributed by atoms with van der Waals surface area (Å²) < 4.78 is 15.7. The van der Waals surface area contributed by atoms with Crippen molar-refractivity contribution in [3.63, 3.8) is 0 Å². The molecule has 0 aliphatic heterocycles. The molecule has 0 aliphatic rings. The van der Waals surface area contributed by atoms with E-state index < -0.39 is 12.6 Å². The van der Waals surface area contributed by atoms with Gasteiger partial charge in [-0.1, -0.05) is 11.6 Å². The van der Waals surface area contributed by atoms with Crippen LogP contribution < -0.4 is 10.5 Å². The minimum absolute atomic E-state index is 0.0901. The van der Waals surface area contributed by atoms with Gasteiger partial charge < -0.3 is 19.6 Å². The number of Topliss-reactive ketones (excluding diaryl/α,β-unsaturated/α-hetero) is 1. The molecule has 0 radical (unpaired) electrons. The van der Waals surface area contributed by atoms with E-state index in [1.165, 1.54) is 31.8 Å². The maximum atomic E-state index is 12.5. The van der Waals surface area contributed by atoms with Crippen molar-refractivity contribution in [2.45, 2.75) is 6.92 Å². The first-order valence-corrected chi connectivity index (χ1v) is 8.61. The summed E-state index contributed by atoms with van der Waals surface area (Å²) in [7, 11) is 1.47. The standard InChI is InChI=1S/C20H17ClN2O5/c1-11-5-12(3-4-15(11)21)17(24)9-27-20(25)13-6-14(19-8-23-10-28-19)18(26-2)7-16(13)22/h3-8,10H,9,22H2,1-2H3. The Labute approximate surface area is 166 Å². The third-order valence-electron chi connectivity index (χ3n) is 4.10. The van der Waals surface area contributed by atoms with E-state index in [0.29, 0.717) is 27.7 Å². The molecule has 0 fully saturated rings. The van der Waals surface area contributed by atoms with Gasteiger partial charge in [-0.05, 0) is 36.8 Å². The smallest absolute Gasteiger partial charge is 0.340 e. The molecule has 0 amide bonds. The van der Waals surface area contributed by atoms with Gasteiger partial charge >= 0.3 is 5.97 Å². The van der Waals surface area contributed by atoms with Crippen molar-refractivity contribution in [2.24, 2.45) is 0 Å². The Bertz CT molecular complexity index is 1030. The quantitative estimate of drug-likeness (QED) is 0.379. The van der Waals surface area contributed by atoms with Crippen LogP contribution in [-0.4, -0.2) is 30.5 Å². The molecule has 7 nitrogen and oxygen atoms in total. The van der Waals surface area contributed by atoms with Crippen LogP contribution >= 0.6 is 11.6 Å². The Morgan fingerprint density at radius 3 is 2.68 bits per heavy atom. The van der Waals surface area contributed by atoms with Crippen molar-refractivity contribution >= 4 is 29.0 Å². The molecule has 28 heavy (non-hydrogen) atoms. The van der Waals surface area contributed by atoms with Crippen LogP contribution in [0.2, 0.25) is 5.02 Å². The summed E-state index contributed by atoms with van der Waals surface area (Å²) in [6.45, 7) is 1.36. The number of hydrogen-bond acceptors (Lipinski definition) is 7. The highest BCUT2D eigenvalue weighted by atomic mass is 35.5. The Balaban J connectivity index is 1.79. The van der Waals surface area contributed by atoms with Crippen LogP contribution in [0.1, 0.15) is 26.3 Å². The lowest BCUT2D eigenvalue weighted by atomic mass is 10.1. The Morgan fingerprint density at radius 2 is 2.04 bits per heavy atom. The molecule has 0 bridgehead atoms. The molecule has 0 aliphatic carbocycles. The van der Waals surface area contributed by atoms with Crippen LogP contribution in [0.25, 0.3) is 11.3 Å². The number of carbonyl (C=O) groups is 2.